The van der Waals surface area contributed by atoms with Crippen molar-refractivity contribution in [3.8, 4) is 22.8 Å². The van der Waals surface area contributed by atoms with Gasteiger partial charge >= 0.3 is 0 Å². The Morgan fingerprint density at radius 1 is 1.11 bits per heavy atom. The van der Waals surface area contributed by atoms with Gasteiger partial charge in [0.2, 0.25) is 0 Å². The van der Waals surface area contributed by atoms with Gasteiger partial charge in [0.05, 0.1) is 26.0 Å². The van der Waals surface area contributed by atoms with Crippen LogP contribution in [0.25, 0.3) is 11.3 Å². The Balaban J connectivity index is 1.62. The highest BCUT2D eigenvalue weighted by Crippen LogP contribution is 2.34. The van der Waals surface area contributed by atoms with Crippen molar-refractivity contribution in [2.45, 2.75) is 25.7 Å². The molecule has 1 atom stereocenters. The minimum absolute atomic E-state index is 0.281. The summed E-state index contributed by atoms with van der Waals surface area (Å²) in [6.45, 7) is 1.00. The molecule has 1 aliphatic heterocycles. The van der Waals surface area contributed by atoms with Crippen LogP contribution < -0.4 is 9.47 Å². The monoisotopic (exact) mass is 386 g/mol. The smallest absolute Gasteiger partial charge is 0.200 e. The maximum absolute atomic E-state index is 13.5. The zero-order valence-electron chi connectivity index (χ0n) is 15.4. The highest BCUT2D eigenvalue weighted by Gasteiger charge is 2.20. The highest BCUT2D eigenvalue weighted by molar-refractivity contribution is 5.64. The molecule has 2 heterocycles. The second-order valence-corrected chi connectivity index (χ2v) is 6.55. The SMILES string of the molecule is COc1ccc(-c2ccnn2Cc2ccc(F)c(F)c2)cc1OC1CCCO1. The first-order chi connectivity index (χ1) is 13.6. The van der Waals surface area contributed by atoms with Crippen LogP contribution >= 0.6 is 0 Å². The molecule has 0 aliphatic carbocycles. The lowest BCUT2D eigenvalue weighted by Crippen LogP contribution is -2.14. The Kier molecular flexibility index (Phi) is 5.25. The van der Waals surface area contributed by atoms with Gasteiger partial charge in [-0.15, -0.1) is 0 Å². The van der Waals surface area contributed by atoms with Crippen LogP contribution in [0.5, 0.6) is 11.5 Å². The fourth-order valence-electron chi connectivity index (χ4n) is 3.23. The molecule has 0 bridgehead atoms. The van der Waals surface area contributed by atoms with Crippen molar-refractivity contribution in [1.29, 1.82) is 0 Å². The lowest BCUT2D eigenvalue weighted by atomic mass is 10.1. The van der Waals surface area contributed by atoms with Crippen LogP contribution in [0.3, 0.4) is 0 Å². The van der Waals surface area contributed by atoms with E-state index in [9.17, 15) is 8.78 Å². The van der Waals surface area contributed by atoms with Crippen molar-refractivity contribution in [2.75, 3.05) is 13.7 Å². The second kappa shape index (κ2) is 7.98. The summed E-state index contributed by atoms with van der Waals surface area (Å²) < 4.78 is 45.3. The Bertz CT molecular complexity index is 968. The van der Waals surface area contributed by atoms with Gasteiger partial charge in [0.25, 0.3) is 0 Å². The van der Waals surface area contributed by atoms with E-state index in [1.54, 1.807) is 24.1 Å². The van der Waals surface area contributed by atoms with E-state index in [1.165, 1.54) is 6.07 Å². The Morgan fingerprint density at radius 2 is 2.00 bits per heavy atom. The Labute approximate surface area is 161 Å². The van der Waals surface area contributed by atoms with Gasteiger partial charge in [-0.1, -0.05) is 6.07 Å². The standard InChI is InChI=1S/C21H20F2N2O3/c1-26-19-7-5-15(12-20(19)28-21-3-2-10-27-21)18-8-9-24-25(18)13-14-4-6-16(22)17(23)11-14/h4-9,11-12,21H,2-3,10,13H2,1H3. The van der Waals surface area contributed by atoms with E-state index in [0.717, 1.165) is 30.2 Å². The van der Waals surface area contributed by atoms with E-state index < -0.39 is 11.6 Å². The van der Waals surface area contributed by atoms with Crippen LogP contribution in [0.2, 0.25) is 0 Å². The van der Waals surface area contributed by atoms with E-state index in [0.29, 0.717) is 30.2 Å². The number of halogens is 2. The molecule has 28 heavy (non-hydrogen) atoms. The fraction of sp³-hybridized carbons (Fsp3) is 0.286. The molecule has 7 heteroatoms. The van der Waals surface area contributed by atoms with E-state index in [4.69, 9.17) is 14.2 Å². The first kappa shape index (κ1) is 18.4. The van der Waals surface area contributed by atoms with Gasteiger partial charge < -0.3 is 14.2 Å². The van der Waals surface area contributed by atoms with E-state index in [2.05, 4.69) is 5.10 Å². The molecule has 0 radical (unpaired) electrons. The van der Waals surface area contributed by atoms with Gasteiger partial charge in [-0.05, 0) is 48.4 Å². The molecule has 1 aliphatic rings. The molecule has 0 saturated carbocycles. The number of benzene rings is 2. The molecule has 0 amide bonds. The third kappa shape index (κ3) is 3.84. The molecule has 5 nitrogen and oxygen atoms in total. The van der Waals surface area contributed by atoms with Crippen LogP contribution in [0.4, 0.5) is 8.78 Å². The molecule has 1 fully saturated rings. The maximum Gasteiger partial charge on any atom is 0.200 e. The van der Waals surface area contributed by atoms with Crippen LogP contribution in [0.1, 0.15) is 18.4 Å². The highest BCUT2D eigenvalue weighted by atomic mass is 19.2. The summed E-state index contributed by atoms with van der Waals surface area (Å²) in [6.07, 6.45) is 3.19. The molecule has 1 unspecified atom stereocenters. The predicted octanol–water partition coefficient (Wildman–Crippen LogP) is 4.40. The number of aromatic nitrogens is 2. The largest absolute Gasteiger partial charge is 0.493 e. The van der Waals surface area contributed by atoms with Crippen molar-refractivity contribution in [3.05, 3.63) is 65.9 Å². The number of rotatable bonds is 6. The van der Waals surface area contributed by atoms with Crippen LogP contribution in [-0.4, -0.2) is 29.8 Å². The van der Waals surface area contributed by atoms with Crippen molar-refractivity contribution in [1.82, 2.24) is 9.78 Å². The van der Waals surface area contributed by atoms with Crippen LogP contribution in [0, 0.1) is 11.6 Å². The van der Waals surface area contributed by atoms with Gasteiger partial charge in [-0.3, -0.25) is 4.68 Å². The van der Waals surface area contributed by atoms with Gasteiger partial charge in [0.15, 0.2) is 29.4 Å². The molecule has 0 N–H and O–H groups in total. The lowest BCUT2D eigenvalue weighted by Gasteiger charge is -2.17. The topological polar surface area (TPSA) is 45.5 Å². The average Bonchev–Trinajstić information content (AvgIpc) is 3.37. The summed E-state index contributed by atoms with van der Waals surface area (Å²) in [5.41, 5.74) is 2.31. The summed E-state index contributed by atoms with van der Waals surface area (Å²) >= 11 is 0. The van der Waals surface area contributed by atoms with E-state index in [-0.39, 0.29) is 6.29 Å². The zero-order valence-corrected chi connectivity index (χ0v) is 15.4. The molecular weight excluding hydrogens is 366 g/mol. The molecule has 1 saturated heterocycles. The average molecular weight is 386 g/mol. The Hall–Kier alpha value is -2.93. The number of nitrogens with zero attached hydrogens (tertiary/aromatic N) is 2. The third-order valence-corrected chi connectivity index (χ3v) is 4.64. The summed E-state index contributed by atoms with van der Waals surface area (Å²) in [4.78, 5) is 0. The molecule has 1 aromatic heterocycles. The minimum atomic E-state index is -0.872. The maximum atomic E-state index is 13.5. The summed E-state index contributed by atoms with van der Waals surface area (Å²) in [5, 5.41) is 4.32. The molecule has 2 aromatic carbocycles. The Morgan fingerprint density at radius 3 is 2.75 bits per heavy atom. The normalized spacial score (nSPS) is 16.3. The number of methoxy groups -OCH3 is 1. The van der Waals surface area contributed by atoms with E-state index in [1.807, 2.05) is 24.3 Å². The van der Waals surface area contributed by atoms with Gasteiger partial charge in [-0.25, -0.2) is 8.78 Å². The van der Waals surface area contributed by atoms with Crippen LogP contribution in [0.15, 0.2) is 48.7 Å². The number of ether oxygens (including phenoxy) is 3. The zero-order chi connectivity index (χ0) is 19.5. The van der Waals surface area contributed by atoms with Crippen molar-refractivity contribution < 1.29 is 23.0 Å². The summed E-state index contributed by atoms with van der Waals surface area (Å²) in [6, 6.07) is 11.3. The quantitative estimate of drug-likeness (QED) is 0.630. The first-order valence-electron chi connectivity index (χ1n) is 9.06. The lowest BCUT2D eigenvalue weighted by molar-refractivity contribution is -0.0402. The van der Waals surface area contributed by atoms with Crippen LogP contribution in [-0.2, 0) is 11.3 Å². The fourth-order valence-corrected chi connectivity index (χ4v) is 3.23. The number of hydrogen-bond acceptors (Lipinski definition) is 4. The second-order valence-electron chi connectivity index (χ2n) is 6.55. The summed E-state index contributed by atoms with van der Waals surface area (Å²) in [5.74, 6) is -0.531. The van der Waals surface area contributed by atoms with E-state index >= 15 is 0 Å². The first-order valence-corrected chi connectivity index (χ1v) is 9.06. The van der Waals surface area contributed by atoms with Gasteiger partial charge in [0.1, 0.15) is 0 Å². The predicted molar refractivity (Wildman–Crippen MR) is 99.3 cm³/mol. The summed E-state index contributed by atoms with van der Waals surface area (Å²) in [7, 11) is 1.59. The molecular formula is C21H20F2N2O3. The molecule has 146 valence electrons. The number of hydrogen-bond donors (Lipinski definition) is 0. The van der Waals surface area contributed by atoms with Crippen molar-refractivity contribution in [3.63, 3.8) is 0 Å². The molecule has 3 aromatic rings. The van der Waals surface area contributed by atoms with Crippen molar-refractivity contribution in [2.24, 2.45) is 0 Å². The van der Waals surface area contributed by atoms with Gasteiger partial charge in [0, 0.05) is 18.2 Å². The minimum Gasteiger partial charge on any atom is -0.493 e. The molecule has 0 spiro atoms. The van der Waals surface area contributed by atoms with Gasteiger partial charge in [-0.2, -0.15) is 5.10 Å². The van der Waals surface area contributed by atoms with Crippen molar-refractivity contribution >= 4 is 0 Å². The third-order valence-electron chi connectivity index (χ3n) is 4.64. The molecule has 4 rings (SSSR count).